The van der Waals surface area contributed by atoms with Gasteiger partial charge < -0.3 is 9.84 Å². The smallest absolute Gasteiger partial charge is 0.309 e. The molecular weight excluding hydrogens is 196 g/mol. The normalized spacial score (nSPS) is 28.7. The van der Waals surface area contributed by atoms with E-state index in [1.807, 2.05) is 13.8 Å². The number of hydrogen-bond acceptors (Lipinski definition) is 3. The quantitative estimate of drug-likeness (QED) is 0.726. The second-order valence-electron chi connectivity index (χ2n) is 4.77. The van der Waals surface area contributed by atoms with E-state index in [1.54, 1.807) is 0 Å². The standard InChI is InChI=1S/C11H18O4/c1-11(2)7(6-9(12)13)4-5-8(11)10(14)15-3/h7-8H,4-6H2,1-3H3,(H,12,13). The molecule has 0 aromatic carbocycles. The molecule has 4 nitrogen and oxygen atoms in total. The van der Waals surface area contributed by atoms with Crippen LogP contribution in [0.3, 0.4) is 0 Å². The van der Waals surface area contributed by atoms with Crippen LogP contribution in [0.15, 0.2) is 0 Å². The van der Waals surface area contributed by atoms with Gasteiger partial charge in [0.15, 0.2) is 0 Å². The van der Waals surface area contributed by atoms with E-state index in [-0.39, 0.29) is 29.6 Å². The molecule has 0 aromatic rings. The maximum absolute atomic E-state index is 11.5. The lowest BCUT2D eigenvalue weighted by molar-refractivity contribution is -0.150. The summed E-state index contributed by atoms with van der Waals surface area (Å²) in [4.78, 5) is 22.2. The number of carbonyl (C=O) groups excluding carboxylic acids is 1. The third kappa shape index (κ3) is 2.30. The zero-order valence-corrected chi connectivity index (χ0v) is 9.45. The summed E-state index contributed by atoms with van der Waals surface area (Å²) >= 11 is 0. The molecule has 1 saturated carbocycles. The highest BCUT2D eigenvalue weighted by Gasteiger charge is 2.47. The lowest BCUT2D eigenvalue weighted by Crippen LogP contribution is -2.32. The van der Waals surface area contributed by atoms with E-state index >= 15 is 0 Å². The van der Waals surface area contributed by atoms with Crippen LogP contribution in [0.5, 0.6) is 0 Å². The second-order valence-corrected chi connectivity index (χ2v) is 4.77. The molecule has 0 aromatic heterocycles. The maximum Gasteiger partial charge on any atom is 0.309 e. The van der Waals surface area contributed by atoms with Crippen molar-refractivity contribution < 1.29 is 19.4 Å². The van der Waals surface area contributed by atoms with Crippen LogP contribution in [-0.4, -0.2) is 24.2 Å². The molecule has 0 spiro atoms. The van der Waals surface area contributed by atoms with Crippen LogP contribution >= 0.6 is 0 Å². The minimum Gasteiger partial charge on any atom is -0.481 e. The predicted molar refractivity (Wildman–Crippen MR) is 54.3 cm³/mol. The zero-order valence-electron chi connectivity index (χ0n) is 9.45. The average molecular weight is 214 g/mol. The summed E-state index contributed by atoms with van der Waals surface area (Å²) in [5, 5.41) is 8.77. The SMILES string of the molecule is COC(=O)C1CCC(CC(=O)O)C1(C)C. The Labute approximate surface area is 89.6 Å². The van der Waals surface area contributed by atoms with Crippen molar-refractivity contribution in [3.8, 4) is 0 Å². The molecule has 0 radical (unpaired) electrons. The van der Waals surface area contributed by atoms with Crippen molar-refractivity contribution >= 4 is 11.9 Å². The lowest BCUT2D eigenvalue weighted by Gasteiger charge is -2.30. The molecule has 1 aliphatic carbocycles. The second kappa shape index (κ2) is 4.21. The van der Waals surface area contributed by atoms with Crippen LogP contribution < -0.4 is 0 Å². The predicted octanol–water partition coefficient (Wildman–Crippen LogP) is 1.69. The molecule has 4 heteroatoms. The minimum absolute atomic E-state index is 0.0686. The molecule has 0 aliphatic heterocycles. The number of rotatable bonds is 3. The van der Waals surface area contributed by atoms with Crippen molar-refractivity contribution in [2.45, 2.75) is 33.1 Å². The van der Waals surface area contributed by atoms with Crippen LogP contribution in [0, 0.1) is 17.3 Å². The molecular formula is C11H18O4. The van der Waals surface area contributed by atoms with Crippen LogP contribution in [0.4, 0.5) is 0 Å². The minimum atomic E-state index is -0.793. The first-order valence-electron chi connectivity index (χ1n) is 5.19. The van der Waals surface area contributed by atoms with Gasteiger partial charge in [-0.2, -0.15) is 0 Å². The van der Waals surface area contributed by atoms with Gasteiger partial charge in [-0.1, -0.05) is 13.8 Å². The van der Waals surface area contributed by atoms with Gasteiger partial charge in [0.2, 0.25) is 0 Å². The Morgan fingerprint density at radius 2 is 2.00 bits per heavy atom. The van der Waals surface area contributed by atoms with E-state index in [0.717, 1.165) is 12.8 Å². The van der Waals surface area contributed by atoms with Gasteiger partial charge in [-0.3, -0.25) is 9.59 Å². The van der Waals surface area contributed by atoms with Gasteiger partial charge in [-0.15, -0.1) is 0 Å². The van der Waals surface area contributed by atoms with Gasteiger partial charge in [0.1, 0.15) is 0 Å². The molecule has 15 heavy (non-hydrogen) atoms. The van der Waals surface area contributed by atoms with Crippen LogP contribution in [0.25, 0.3) is 0 Å². The van der Waals surface area contributed by atoms with Gasteiger partial charge in [0.25, 0.3) is 0 Å². The fourth-order valence-electron chi connectivity index (χ4n) is 2.54. The fourth-order valence-corrected chi connectivity index (χ4v) is 2.54. The van der Waals surface area contributed by atoms with Crippen molar-refractivity contribution in [3.05, 3.63) is 0 Å². The average Bonchev–Trinajstić information content (AvgIpc) is 2.41. The van der Waals surface area contributed by atoms with E-state index in [1.165, 1.54) is 7.11 Å². The number of carbonyl (C=O) groups is 2. The van der Waals surface area contributed by atoms with Gasteiger partial charge in [0, 0.05) is 6.42 Å². The number of esters is 1. The van der Waals surface area contributed by atoms with Crippen LogP contribution in [0.1, 0.15) is 33.1 Å². The molecule has 86 valence electrons. The van der Waals surface area contributed by atoms with Crippen molar-refractivity contribution in [2.75, 3.05) is 7.11 Å². The Bertz CT molecular complexity index is 270. The summed E-state index contributed by atoms with van der Waals surface area (Å²) in [6, 6.07) is 0. The van der Waals surface area contributed by atoms with Crippen molar-refractivity contribution in [1.29, 1.82) is 0 Å². The van der Waals surface area contributed by atoms with Gasteiger partial charge in [-0.05, 0) is 24.2 Å². The molecule has 0 amide bonds. The summed E-state index contributed by atoms with van der Waals surface area (Å²) in [5.74, 6) is -1.10. The molecule has 2 unspecified atom stereocenters. The Morgan fingerprint density at radius 3 is 2.47 bits per heavy atom. The zero-order chi connectivity index (χ0) is 11.6. The topological polar surface area (TPSA) is 63.6 Å². The monoisotopic (exact) mass is 214 g/mol. The Balaban J connectivity index is 2.75. The number of carboxylic acid groups (broad SMARTS) is 1. The number of ether oxygens (including phenoxy) is 1. The summed E-state index contributed by atoms with van der Waals surface area (Å²) in [7, 11) is 1.38. The highest BCUT2D eigenvalue weighted by Crippen LogP contribution is 2.49. The first-order valence-corrected chi connectivity index (χ1v) is 5.19. The molecule has 1 fully saturated rings. The third-order valence-corrected chi connectivity index (χ3v) is 3.66. The van der Waals surface area contributed by atoms with Gasteiger partial charge in [-0.25, -0.2) is 0 Å². The molecule has 2 atom stereocenters. The Hall–Kier alpha value is -1.06. The maximum atomic E-state index is 11.5. The number of hydrogen-bond donors (Lipinski definition) is 1. The highest BCUT2D eigenvalue weighted by molar-refractivity contribution is 5.74. The molecule has 1 rings (SSSR count). The van der Waals surface area contributed by atoms with E-state index < -0.39 is 5.97 Å². The Morgan fingerprint density at radius 1 is 1.40 bits per heavy atom. The summed E-state index contributed by atoms with van der Waals surface area (Å²) < 4.78 is 4.74. The van der Waals surface area contributed by atoms with Crippen molar-refractivity contribution in [1.82, 2.24) is 0 Å². The lowest BCUT2D eigenvalue weighted by atomic mass is 9.74. The van der Waals surface area contributed by atoms with Crippen molar-refractivity contribution in [3.63, 3.8) is 0 Å². The summed E-state index contributed by atoms with van der Waals surface area (Å²) in [5.41, 5.74) is -0.272. The molecule has 0 heterocycles. The van der Waals surface area contributed by atoms with Gasteiger partial charge >= 0.3 is 11.9 Å². The van der Waals surface area contributed by atoms with Crippen molar-refractivity contribution in [2.24, 2.45) is 17.3 Å². The fraction of sp³-hybridized carbons (Fsp3) is 0.818. The number of aliphatic carboxylic acids is 1. The first-order chi connectivity index (χ1) is 6.89. The van der Waals surface area contributed by atoms with Gasteiger partial charge in [0.05, 0.1) is 13.0 Å². The van der Waals surface area contributed by atoms with Crippen LogP contribution in [0.2, 0.25) is 0 Å². The van der Waals surface area contributed by atoms with E-state index in [4.69, 9.17) is 9.84 Å². The molecule has 1 aliphatic rings. The van der Waals surface area contributed by atoms with E-state index in [0.29, 0.717) is 0 Å². The largest absolute Gasteiger partial charge is 0.481 e. The van der Waals surface area contributed by atoms with Crippen LogP contribution in [-0.2, 0) is 14.3 Å². The molecule has 1 N–H and O–H groups in total. The molecule has 0 saturated heterocycles. The first kappa shape index (κ1) is 12.0. The number of methoxy groups -OCH3 is 1. The third-order valence-electron chi connectivity index (χ3n) is 3.66. The Kier molecular flexibility index (Phi) is 3.37. The molecule has 0 bridgehead atoms. The summed E-state index contributed by atoms with van der Waals surface area (Å²) in [6.07, 6.45) is 1.66. The summed E-state index contributed by atoms with van der Waals surface area (Å²) in [6.45, 7) is 3.91. The van der Waals surface area contributed by atoms with E-state index in [2.05, 4.69) is 0 Å². The number of carboxylic acids is 1. The highest BCUT2D eigenvalue weighted by atomic mass is 16.5. The van der Waals surface area contributed by atoms with E-state index in [9.17, 15) is 9.59 Å².